The van der Waals surface area contributed by atoms with Gasteiger partial charge in [-0.2, -0.15) is 4.98 Å². The van der Waals surface area contributed by atoms with Crippen LogP contribution >= 0.6 is 0 Å². The van der Waals surface area contributed by atoms with Crippen molar-refractivity contribution in [3.8, 4) is 11.4 Å². The van der Waals surface area contributed by atoms with E-state index < -0.39 is 0 Å². The van der Waals surface area contributed by atoms with Gasteiger partial charge in [-0.15, -0.1) is 0 Å². The number of amides is 1. The Morgan fingerprint density at radius 1 is 1.07 bits per heavy atom. The molecule has 2 aromatic rings. The van der Waals surface area contributed by atoms with Gasteiger partial charge < -0.3 is 9.42 Å². The molecule has 0 bridgehead atoms. The van der Waals surface area contributed by atoms with Crippen molar-refractivity contribution >= 4 is 5.91 Å². The normalized spacial score (nSPS) is 21.8. The van der Waals surface area contributed by atoms with Crippen LogP contribution in [0.3, 0.4) is 0 Å². The molecule has 0 aliphatic carbocycles. The van der Waals surface area contributed by atoms with Crippen molar-refractivity contribution in [1.82, 2.24) is 24.8 Å². The van der Waals surface area contributed by atoms with E-state index in [0.29, 0.717) is 30.8 Å². The molecule has 1 aromatic heterocycles. The Hall–Kier alpha value is -2.25. The summed E-state index contributed by atoms with van der Waals surface area (Å²) in [6.07, 6.45) is 3.51. The highest BCUT2D eigenvalue weighted by atomic mass is 16.5. The maximum absolute atomic E-state index is 12.6. The van der Waals surface area contributed by atoms with E-state index in [1.807, 2.05) is 30.3 Å². The van der Waals surface area contributed by atoms with E-state index in [9.17, 15) is 4.79 Å². The molecule has 0 unspecified atom stereocenters. The van der Waals surface area contributed by atoms with Crippen LogP contribution in [0.4, 0.5) is 0 Å². The summed E-state index contributed by atoms with van der Waals surface area (Å²) in [5.74, 6) is 1.56. The molecule has 2 fully saturated rings. The van der Waals surface area contributed by atoms with E-state index in [4.69, 9.17) is 4.52 Å². The number of hydrogen-bond donors (Lipinski definition) is 0. The Labute approximate surface area is 166 Å². The number of nitrogens with zero attached hydrogens (tertiary/aromatic N) is 5. The van der Waals surface area contributed by atoms with Gasteiger partial charge in [0.15, 0.2) is 0 Å². The van der Waals surface area contributed by atoms with Gasteiger partial charge in [0, 0.05) is 44.3 Å². The Morgan fingerprint density at radius 2 is 1.82 bits per heavy atom. The fourth-order valence-corrected chi connectivity index (χ4v) is 4.07. The van der Waals surface area contributed by atoms with Gasteiger partial charge in [0.25, 0.3) is 0 Å². The van der Waals surface area contributed by atoms with Crippen LogP contribution in [0.2, 0.25) is 0 Å². The molecule has 28 heavy (non-hydrogen) atoms. The summed E-state index contributed by atoms with van der Waals surface area (Å²) in [7, 11) is 0. The first-order chi connectivity index (χ1) is 13.7. The molecule has 2 aliphatic rings. The van der Waals surface area contributed by atoms with Crippen LogP contribution in [0.1, 0.15) is 32.1 Å². The average molecular weight is 383 g/mol. The molecule has 4 rings (SSSR count). The Balaban J connectivity index is 1.24. The van der Waals surface area contributed by atoms with Crippen LogP contribution in [0, 0.1) is 0 Å². The second-order valence-electron chi connectivity index (χ2n) is 7.86. The summed E-state index contributed by atoms with van der Waals surface area (Å²) >= 11 is 0. The maximum Gasteiger partial charge on any atom is 0.241 e. The van der Waals surface area contributed by atoms with Gasteiger partial charge in [0.1, 0.15) is 0 Å². The second kappa shape index (κ2) is 8.84. The third-order valence-corrected chi connectivity index (χ3v) is 5.81. The maximum atomic E-state index is 12.6. The summed E-state index contributed by atoms with van der Waals surface area (Å²) in [5.41, 5.74) is 0.966. The first kappa shape index (κ1) is 19.1. The van der Waals surface area contributed by atoms with Crippen molar-refractivity contribution in [2.75, 3.05) is 39.3 Å². The summed E-state index contributed by atoms with van der Waals surface area (Å²) in [6, 6.07) is 10.3. The van der Waals surface area contributed by atoms with E-state index in [1.165, 1.54) is 6.42 Å². The summed E-state index contributed by atoms with van der Waals surface area (Å²) in [4.78, 5) is 23.8. The van der Waals surface area contributed by atoms with Crippen molar-refractivity contribution in [3.05, 3.63) is 36.2 Å². The quantitative estimate of drug-likeness (QED) is 0.789. The van der Waals surface area contributed by atoms with Gasteiger partial charge in [0.05, 0.1) is 13.1 Å². The lowest BCUT2D eigenvalue weighted by Gasteiger charge is -2.37. The highest BCUT2D eigenvalue weighted by Gasteiger charge is 2.26. The third kappa shape index (κ3) is 4.59. The lowest BCUT2D eigenvalue weighted by atomic mass is 10.0. The molecular formula is C21H29N5O2. The molecule has 7 nitrogen and oxygen atoms in total. The lowest BCUT2D eigenvalue weighted by molar-refractivity contribution is -0.136. The van der Waals surface area contributed by atoms with Crippen LogP contribution in [0.5, 0.6) is 0 Å². The molecule has 2 aliphatic heterocycles. The van der Waals surface area contributed by atoms with Crippen molar-refractivity contribution < 1.29 is 9.32 Å². The first-order valence-electron chi connectivity index (χ1n) is 10.3. The molecule has 0 spiro atoms. The Morgan fingerprint density at radius 3 is 2.57 bits per heavy atom. The SMILES string of the molecule is C[C@@H]1CCCCN1C(=O)CN1CCN(Cc2nc(-c3ccccc3)no2)CC1. The summed E-state index contributed by atoms with van der Waals surface area (Å²) in [6.45, 7) is 7.89. The zero-order valence-corrected chi connectivity index (χ0v) is 16.6. The number of benzene rings is 1. The predicted molar refractivity (Wildman–Crippen MR) is 106 cm³/mol. The van der Waals surface area contributed by atoms with Gasteiger partial charge in [-0.3, -0.25) is 14.6 Å². The monoisotopic (exact) mass is 383 g/mol. The number of piperazine rings is 1. The minimum absolute atomic E-state index is 0.282. The zero-order valence-electron chi connectivity index (χ0n) is 16.6. The molecule has 3 heterocycles. The zero-order chi connectivity index (χ0) is 19.3. The molecule has 0 N–H and O–H groups in total. The summed E-state index contributed by atoms with van der Waals surface area (Å²) < 4.78 is 5.43. The molecular weight excluding hydrogens is 354 g/mol. The van der Waals surface area contributed by atoms with E-state index in [1.54, 1.807) is 0 Å². The number of aromatic nitrogens is 2. The summed E-state index contributed by atoms with van der Waals surface area (Å²) in [5, 5.41) is 4.09. The molecule has 0 saturated carbocycles. The first-order valence-corrected chi connectivity index (χ1v) is 10.3. The fraction of sp³-hybridized carbons (Fsp3) is 0.571. The van der Waals surface area contributed by atoms with Crippen LogP contribution < -0.4 is 0 Å². The minimum atomic E-state index is 0.282. The van der Waals surface area contributed by atoms with Crippen LogP contribution in [0.15, 0.2) is 34.9 Å². The Bertz CT molecular complexity index is 770. The second-order valence-corrected chi connectivity index (χ2v) is 7.86. The number of piperidine rings is 1. The number of carbonyl (C=O) groups is 1. The number of hydrogen-bond acceptors (Lipinski definition) is 6. The standard InChI is InChI=1S/C21H29N5O2/c1-17-7-5-6-10-26(17)20(27)16-25-13-11-24(12-14-25)15-19-22-21(23-28-19)18-8-3-2-4-9-18/h2-4,8-9,17H,5-7,10-16H2,1H3/t17-/m1/s1. The molecule has 1 atom stereocenters. The lowest BCUT2D eigenvalue weighted by Crippen LogP contribution is -2.51. The number of carbonyl (C=O) groups excluding carboxylic acids is 1. The van der Waals surface area contributed by atoms with E-state index in [-0.39, 0.29) is 5.91 Å². The van der Waals surface area contributed by atoms with E-state index in [2.05, 4.69) is 31.8 Å². The highest BCUT2D eigenvalue weighted by Crippen LogP contribution is 2.18. The predicted octanol–water partition coefficient (Wildman–Crippen LogP) is 2.26. The third-order valence-electron chi connectivity index (χ3n) is 5.81. The van der Waals surface area contributed by atoms with Gasteiger partial charge in [-0.25, -0.2) is 0 Å². The van der Waals surface area contributed by atoms with E-state index in [0.717, 1.165) is 51.1 Å². The Kier molecular flexibility index (Phi) is 6.02. The van der Waals surface area contributed by atoms with Gasteiger partial charge in [-0.05, 0) is 26.2 Å². The molecule has 1 aromatic carbocycles. The molecule has 150 valence electrons. The van der Waals surface area contributed by atoms with Crippen LogP contribution in [-0.2, 0) is 11.3 Å². The average Bonchev–Trinajstić information content (AvgIpc) is 3.19. The molecule has 2 saturated heterocycles. The van der Waals surface area contributed by atoms with Crippen LogP contribution in [-0.4, -0.2) is 76.1 Å². The van der Waals surface area contributed by atoms with E-state index >= 15 is 0 Å². The highest BCUT2D eigenvalue weighted by molar-refractivity contribution is 5.78. The van der Waals surface area contributed by atoms with Crippen molar-refractivity contribution in [2.24, 2.45) is 0 Å². The topological polar surface area (TPSA) is 65.7 Å². The number of likely N-dealkylation sites (tertiary alicyclic amines) is 1. The van der Waals surface area contributed by atoms with Gasteiger partial charge in [-0.1, -0.05) is 35.5 Å². The van der Waals surface area contributed by atoms with Gasteiger partial charge >= 0.3 is 0 Å². The van der Waals surface area contributed by atoms with Crippen molar-refractivity contribution in [2.45, 2.75) is 38.8 Å². The molecule has 1 amide bonds. The largest absolute Gasteiger partial charge is 0.339 e. The van der Waals surface area contributed by atoms with Gasteiger partial charge in [0.2, 0.25) is 17.6 Å². The smallest absolute Gasteiger partial charge is 0.241 e. The van der Waals surface area contributed by atoms with Crippen molar-refractivity contribution in [3.63, 3.8) is 0 Å². The fourth-order valence-electron chi connectivity index (χ4n) is 4.07. The van der Waals surface area contributed by atoms with Crippen LogP contribution in [0.25, 0.3) is 11.4 Å². The molecule has 7 heteroatoms. The van der Waals surface area contributed by atoms with Crippen molar-refractivity contribution in [1.29, 1.82) is 0 Å². The number of rotatable bonds is 5. The molecule has 0 radical (unpaired) electrons. The minimum Gasteiger partial charge on any atom is -0.339 e.